The highest BCUT2D eigenvalue weighted by Crippen LogP contribution is 2.22. The molecule has 0 aliphatic rings. The summed E-state index contributed by atoms with van der Waals surface area (Å²) in [6, 6.07) is 5.66. The summed E-state index contributed by atoms with van der Waals surface area (Å²) in [7, 11) is 0. The smallest absolute Gasteiger partial charge is 0.251 e. The first kappa shape index (κ1) is 18.5. The van der Waals surface area contributed by atoms with Crippen molar-refractivity contribution in [3.8, 4) is 0 Å². The third-order valence-electron chi connectivity index (χ3n) is 3.89. The van der Waals surface area contributed by atoms with E-state index in [2.05, 4.69) is 31.4 Å². The molecule has 1 amide bonds. The van der Waals surface area contributed by atoms with Crippen molar-refractivity contribution >= 4 is 11.6 Å². The maximum absolute atomic E-state index is 12.4. The van der Waals surface area contributed by atoms with Crippen molar-refractivity contribution in [2.75, 3.05) is 18.5 Å². The molecule has 22 heavy (non-hydrogen) atoms. The quantitative estimate of drug-likeness (QED) is 0.756. The fourth-order valence-electron chi connectivity index (χ4n) is 2.02. The van der Waals surface area contributed by atoms with Crippen molar-refractivity contribution in [3.63, 3.8) is 0 Å². The van der Waals surface area contributed by atoms with Crippen molar-refractivity contribution in [2.24, 2.45) is 11.3 Å². The maximum Gasteiger partial charge on any atom is 0.251 e. The molecular formula is C18H30N2O2. The monoisotopic (exact) mass is 306 g/mol. The molecule has 0 saturated carbocycles. The van der Waals surface area contributed by atoms with E-state index in [1.807, 2.05) is 39.0 Å². The Morgan fingerprint density at radius 1 is 1.27 bits per heavy atom. The summed E-state index contributed by atoms with van der Waals surface area (Å²) in [5.74, 6) is -0.0591. The third kappa shape index (κ3) is 5.34. The van der Waals surface area contributed by atoms with Gasteiger partial charge in [-0.1, -0.05) is 33.8 Å². The first-order valence-electron chi connectivity index (χ1n) is 7.91. The van der Waals surface area contributed by atoms with E-state index in [9.17, 15) is 9.90 Å². The number of hydrogen-bond acceptors (Lipinski definition) is 3. The number of nitrogens with one attached hydrogen (secondary N) is 2. The van der Waals surface area contributed by atoms with Crippen molar-refractivity contribution in [1.29, 1.82) is 0 Å². The van der Waals surface area contributed by atoms with E-state index >= 15 is 0 Å². The minimum Gasteiger partial charge on any atom is -0.396 e. The summed E-state index contributed by atoms with van der Waals surface area (Å²) in [4.78, 5) is 12.4. The maximum atomic E-state index is 12.4. The van der Waals surface area contributed by atoms with E-state index in [0.717, 1.165) is 17.8 Å². The van der Waals surface area contributed by atoms with Gasteiger partial charge in [-0.15, -0.1) is 0 Å². The second-order valence-electron chi connectivity index (χ2n) is 7.31. The molecule has 0 fully saturated rings. The largest absolute Gasteiger partial charge is 0.396 e. The molecular weight excluding hydrogens is 276 g/mol. The Hall–Kier alpha value is -1.55. The number of hydrogen-bond donors (Lipinski definition) is 3. The van der Waals surface area contributed by atoms with E-state index in [-0.39, 0.29) is 29.9 Å². The van der Waals surface area contributed by atoms with Crippen LogP contribution in [0.25, 0.3) is 0 Å². The first-order chi connectivity index (χ1) is 10.2. The van der Waals surface area contributed by atoms with Crippen LogP contribution in [-0.4, -0.2) is 30.2 Å². The highest BCUT2D eigenvalue weighted by Gasteiger charge is 2.18. The van der Waals surface area contributed by atoms with Crippen molar-refractivity contribution < 1.29 is 9.90 Å². The number of carbonyl (C=O) groups is 1. The lowest BCUT2D eigenvalue weighted by molar-refractivity contribution is 0.0915. The van der Waals surface area contributed by atoms with Gasteiger partial charge in [-0.05, 0) is 42.9 Å². The van der Waals surface area contributed by atoms with Crippen LogP contribution in [0.3, 0.4) is 0 Å². The number of aliphatic hydroxyl groups excluding tert-OH is 1. The number of carbonyl (C=O) groups excluding carboxylic acids is 1. The van der Waals surface area contributed by atoms with Crippen LogP contribution in [0, 0.1) is 18.3 Å². The van der Waals surface area contributed by atoms with Crippen molar-refractivity contribution in [3.05, 3.63) is 29.3 Å². The molecule has 0 bridgehead atoms. The fourth-order valence-corrected chi connectivity index (χ4v) is 2.02. The number of anilines is 1. The van der Waals surface area contributed by atoms with Crippen LogP contribution in [0.5, 0.6) is 0 Å². The zero-order valence-corrected chi connectivity index (χ0v) is 14.7. The second kappa shape index (κ2) is 7.63. The predicted molar refractivity (Wildman–Crippen MR) is 92.3 cm³/mol. The van der Waals surface area contributed by atoms with Crippen molar-refractivity contribution in [2.45, 2.75) is 47.6 Å². The van der Waals surface area contributed by atoms with Gasteiger partial charge in [0.15, 0.2) is 0 Å². The molecule has 0 spiro atoms. The van der Waals surface area contributed by atoms with Gasteiger partial charge < -0.3 is 15.7 Å². The van der Waals surface area contributed by atoms with Crippen LogP contribution >= 0.6 is 0 Å². The molecule has 1 aromatic carbocycles. The summed E-state index contributed by atoms with van der Waals surface area (Å²) in [6.45, 7) is 13.2. The number of aliphatic hydroxyl groups is 1. The molecule has 4 nitrogen and oxygen atoms in total. The van der Waals surface area contributed by atoms with E-state index < -0.39 is 0 Å². The van der Waals surface area contributed by atoms with E-state index in [1.165, 1.54) is 0 Å². The van der Waals surface area contributed by atoms with Crippen LogP contribution in [0.15, 0.2) is 18.2 Å². The normalized spacial score (nSPS) is 14.3. The van der Waals surface area contributed by atoms with Crippen LogP contribution < -0.4 is 10.6 Å². The predicted octanol–water partition coefficient (Wildman–Crippen LogP) is 3.20. The molecule has 0 radical (unpaired) electrons. The second-order valence-corrected chi connectivity index (χ2v) is 7.31. The molecule has 0 heterocycles. The minimum atomic E-state index is -0.0929. The summed E-state index contributed by atoms with van der Waals surface area (Å²) < 4.78 is 0. The number of amides is 1. The molecule has 2 unspecified atom stereocenters. The molecule has 124 valence electrons. The Morgan fingerprint density at radius 3 is 2.45 bits per heavy atom. The van der Waals surface area contributed by atoms with Gasteiger partial charge in [-0.25, -0.2) is 0 Å². The van der Waals surface area contributed by atoms with Gasteiger partial charge in [0.1, 0.15) is 0 Å². The standard InChI is InChI=1S/C18H30N2O2/c1-12(10-21)14(3)20-17(22)15-8-7-9-16(13(15)2)19-11-18(4,5)6/h7-9,12,14,19,21H,10-11H2,1-6H3,(H,20,22). The average molecular weight is 306 g/mol. The van der Waals surface area contributed by atoms with Gasteiger partial charge in [0.05, 0.1) is 0 Å². The molecule has 1 aromatic rings. The zero-order chi connectivity index (χ0) is 16.9. The molecule has 0 saturated heterocycles. The van der Waals surface area contributed by atoms with Crippen LogP contribution in [0.1, 0.15) is 50.5 Å². The van der Waals surface area contributed by atoms with Gasteiger partial charge >= 0.3 is 0 Å². The van der Waals surface area contributed by atoms with E-state index in [1.54, 1.807) is 0 Å². The van der Waals surface area contributed by atoms with Crippen LogP contribution in [0.2, 0.25) is 0 Å². The Morgan fingerprint density at radius 2 is 1.91 bits per heavy atom. The lowest BCUT2D eigenvalue weighted by atomic mass is 9.96. The molecule has 0 aromatic heterocycles. The topological polar surface area (TPSA) is 61.4 Å². The lowest BCUT2D eigenvalue weighted by Gasteiger charge is -2.22. The Bertz CT molecular complexity index is 506. The van der Waals surface area contributed by atoms with Gasteiger partial charge in [-0.3, -0.25) is 4.79 Å². The van der Waals surface area contributed by atoms with E-state index in [0.29, 0.717) is 5.56 Å². The SMILES string of the molecule is Cc1c(NCC(C)(C)C)cccc1C(=O)NC(C)C(C)CO. The summed E-state index contributed by atoms with van der Waals surface area (Å²) in [5.41, 5.74) is 2.80. The molecule has 1 rings (SSSR count). The fraction of sp³-hybridized carbons (Fsp3) is 0.611. The first-order valence-corrected chi connectivity index (χ1v) is 7.91. The minimum absolute atomic E-state index is 0.0338. The summed E-state index contributed by atoms with van der Waals surface area (Å²) in [6.07, 6.45) is 0. The zero-order valence-electron chi connectivity index (χ0n) is 14.7. The van der Waals surface area contributed by atoms with Crippen LogP contribution in [-0.2, 0) is 0 Å². The molecule has 2 atom stereocenters. The highest BCUT2D eigenvalue weighted by atomic mass is 16.3. The lowest BCUT2D eigenvalue weighted by Crippen LogP contribution is -2.38. The Labute approximate surface area is 134 Å². The number of benzene rings is 1. The third-order valence-corrected chi connectivity index (χ3v) is 3.89. The molecule has 4 heteroatoms. The van der Waals surface area contributed by atoms with Crippen LogP contribution in [0.4, 0.5) is 5.69 Å². The van der Waals surface area contributed by atoms with Gasteiger partial charge in [0.25, 0.3) is 5.91 Å². The molecule has 0 aliphatic carbocycles. The van der Waals surface area contributed by atoms with E-state index in [4.69, 9.17) is 0 Å². The summed E-state index contributed by atoms with van der Waals surface area (Å²) >= 11 is 0. The molecule has 0 aliphatic heterocycles. The number of rotatable bonds is 6. The Balaban J connectivity index is 2.85. The van der Waals surface area contributed by atoms with Gasteiger partial charge in [0, 0.05) is 30.4 Å². The summed E-state index contributed by atoms with van der Waals surface area (Å²) in [5, 5.41) is 15.5. The Kier molecular flexibility index (Phi) is 6.42. The highest BCUT2D eigenvalue weighted by molar-refractivity contribution is 5.97. The molecule has 3 N–H and O–H groups in total. The van der Waals surface area contributed by atoms with Gasteiger partial charge in [-0.2, -0.15) is 0 Å². The van der Waals surface area contributed by atoms with Gasteiger partial charge in [0.2, 0.25) is 0 Å². The average Bonchev–Trinajstić information content (AvgIpc) is 2.44. The van der Waals surface area contributed by atoms with Crippen molar-refractivity contribution in [1.82, 2.24) is 5.32 Å².